The highest BCUT2D eigenvalue weighted by Gasteiger charge is 2.44. The molecule has 1 saturated heterocycles. The van der Waals surface area contributed by atoms with Gasteiger partial charge in [0.1, 0.15) is 24.4 Å². The smallest absolute Gasteiger partial charge is 0.220 e. The summed E-state index contributed by atoms with van der Waals surface area (Å²) in [7, 11) is 0. The van der Waals surface area contributed by atoms with E-state index in [9.17, 15) is 30.3 Å². The summed E-state index contributed by atoms with van der Waals surface area (Å²) in [5.74, 6) is -0.205. The quantitative estimate of drug-likeness (QED) is 0.0786. The molecule has 7 atom stereocenters. The first kappa shape index (κ1) is 37.4. The van der Waals surface area contributed by atoms with Gasteiger partial charge in [-0.1, -0.05) is 95.2 Å². The van der Waals surface area contributed by atoms with E-state index in [1.54, 1.807) is 6.08 Å². The number of carbonyl (C=O) groups excluding carboxylic acids is 1. The number of allylic oxidation sites excluding steroid dienone is 5. The van der Waals surface area contributed by atoms with Gasteiger partial charge in [-0.05, 0) is 38.5 Å². The summed E-state index contributed by atoms with van der Waals surface area (Å²) >= 11 is 0. The van der Waals surface area contributed by atoms with E-state index >= 15 is 0 Å². The summed E-state index contributed by atoms with van der Waals surface area (Å²) in [6.07, 6.45) is 18.2. The third kappa shape index (κ3) is 16.6. The van der Waals surface area contributed by atoms with Gasteiger partial charge in [-0.3, -0.25) is 4.79 Å². The average Bonchev–Trinajstić information content (AvgIpc) is 2.97. The van der Waals surface area contributed by atoms with Crippen LogP contribution in [-0.2, 0) is 14.3 Å². The summed E-state index contributed by atoms with van der Waals surface area (Å²) < 4.78 is 11.0. The molecular weight excluding hydrogens is 526 g/mol. The van der Waals surface area contributed by atoms with Crippen LogP contribution in [-0.4, -0.2) is 87.5 Å². The minimum atomic E-state index is -1.56. The molecule has 7 unspecified atom stereocenters. The number of unbranched alkanes of at least 4 members (excludes halogenated alkanes) is 9. The minimum absolute atomic E-state index is 0.199. The summed E-state index contributed by atoms with van der Waals surface area (Å²) in [5, 5.41) is 53.1. The largest absolute Gasteiger partial charge is 0.394 e. The zero-order valence-corrected chi connectivity index (χ0v) is 25.3. The zero-order chi connectivity index (χ0) is 30.3. The standard InChI is InChI=1S/C32H57NO8/c1-3-5-7-9-10-11-12-13-14-15-16-17-18-20-22-28(36)33-25(26(35)21-19-8-6-4-2)24-40-32-31(39)30(38)29(37)27(23-34)41-32/h9-10,12-13,19,21,25-27,29-32,34-35,37-39H,3-8,11,14-18,20,22-24H2,1-2H3,(H,33,36)/b10-9-,13-12-,21-19+. The lowest BCUT2D eigenvalue weighted by atomic mass is 9.99. The van der Waals surface area contributed by atoms with E-state index in [2.05, 4.69) is 43.5 Å². The van der Waals surface area contributed by atoms with Gasteiger partial charge in [-0.25, -0.2) is 0 Å². The maximum absolute atomic E-state index is 12.7. The van der Waals surface area contributed by atoms with Gasteiger partial charge < -0.3 is 40.3 Å². The molecule has 0 radical (unpaired) electrons. The molecule has 1 rings (SSSR count). The van der Waals surface area contributed by atoms with Gasteiger partial charge in [0, 0.05) is 6.42 Å². The van der Waals surface area contributed by atoms with Crippen LogP contribution in [0, 0.1) is 0 Å². The highest BCUT2D eigenvalue weighted by Crippen LogP contribution is 2.22. The molecule has 9 heteroatoms. The highest BCUT2D eigenvalue weighted by atomic mass is 16.7. The molecule has 6 N–H and O–H groups in total. The summed E-state index contributed by atoms with van der Waals surface area (Å²) in [6, 6.07) is -0.805. The highest BCUT2D eigenvalue weighted by molar-refractivity contribution is 5.76. The van der Waals surface area contributed by atoms with Crippen LogP contribution >= 0.6 is 0 Å². The van der Waals surface area contributed by atoms with E-state index < -0.39 is 49.5 Å². The Hall–Kier alpha value is -1.59. The topological polar surface area (TPSA) is 149 Å². The third-order valence-electron chi connectivity index (χ3n) is 7.21. The SMILES string of the molecule is CCCC/C=C\C/C=C\CCCCCCCC(=O)NC(COC1OC(CO)C(O)C(O)C1O)C(O)/C=C/CCCC. The lowest BCUT2D eigenvalue weighted by Gasteiger charge is -2.40. The normalized spacial score (nSPS) is 24.9. The fourth-order valence-corrected chi connectivity index (χ4v) is 4.51. The van der Waals surface area contributed by atoms with E-state index in [1.807, 2.05) is 6.08 Å². The fourth-order valence-electron chi connectivity index (χ4n) is 4.51. The minimum Gasteiger partial charge on any atom is -0.394 e. The van der Waals surface area contributed by atoms with Crippen molar-refractivity contribution in [1.29, 1.82) is 0 Å². The maximum atomic E-state index is 12.7. The van der Waals surface area contributed by atoms with Gasteiger partial charge in [-0.15, -0.1) is 0 Å². The van der Waals surface area contributed by atoms with Crippen LogP contribution < -0.4 is 5.32 Å². The number of hydrogen-bond acceptors (Lipinski definition) is 8. The van der Waals surface area contributed by atoms with Crippen molar-refractivity contribution in [3.63, 3.8) is 0 Å². The molecule has 1 fully saturated rings. The predicted molar refractivity (Wildman–Crippen MR) is 161 cm³/mol. The van der Waals surface area contributed by atoms with E-state index in [-0.39, 0.29) is 12.5 Å². The number of nitrogens with one attached hydrogen (secondary N) is 1. The summed E-state index contributed by atoms with van der Waals surface area (Å²) in [4.78, 5) is 12.7. The van der Waals surface area contributed by atoms with Crippen molar-refractivity contribution in [2.75, 3.05) is 13.2 Å². The van der Waals surface area contributed by atoms with Crippen LogP contribution in [0.25, 0.3) is 0 Å². The molecule has 1 heterocycles. The number of aliphatic hydroxyl groups excluding tert-OH is 5. The van der Waals surface area contributed by atoms with E-state index in [0.717, 1.165) is 70.6 Å². The van der Waals surface area contributed by atoms with Gasteiger partial charge >= 0.3 is 0 Å². The molecule has 0 aromatic heterocycles. The predicted octanol–water partition coefficient (Wildman–Crippen LogP) is 3.82. The molecule has 0 bridgehead atoms. The first-order chi connectivity index (χ1) is 19.8. The van der Waals surface area contributed by atoms with Crippen molar-refractivity contribution in [2.45, 2.75) is 147 Å². The average molecular weight is 584 g/mol. The van der Waals surface area contributed by atoms with E-state index in [0.29, 0.717) is 6.42 Å². The number of aliphatic hydroxyl groups is 5. The van der Waals surface area contributed by atoms with Gasteiger partial charge in [0.05, 0.1) is 25.4 Å². The second-order valence-corrected chi connectivity index (χ2v) is 10.9. The van der Waals surface area contributed by atoms with E-state index in [1.165, 1.54) is 12.8 Å². The van der Waals surface area contributed by atoms with Gasteiger partial charge in [0.25, 0.3) is 0 Å². The van der Waals surface area contributed by atoms with Crippen molar-refractivity contribution >= 4 is 5.91 Å². The molecule has 1 aliphatic heterocycles. The van der Waals surface area contributed by atoms with E-state index in [4.69, 9.17) is 9.47 Å². The third-order valence-corrected chi connectivity index (χ3v) is 7.21. The van der Waals surface area contributed by atoms with Gasteiger partial charge in [0.2, 0.25) is 5.91 Å². The molecule has 1 aliphatic rings. The Balaban J connectivity index is 2.43. The Morgan fingerprint density at radius 1 is 0.829 bits per heavy atom. The number of hydrogen-bond donors (Lipinski definition) is 6. The fraction of sp³-hybridized carbons (Fsp3) is 0.781. The zero-order valence-electron chi connectivity index (χ0n) is 25.3. The van der Waals surface area contributed by atoms with Crippen molar-refractivity contribution in [1.82, 2.24) is 5.32 Å². The van der Waals surface area contributed by atoms with Crippen molar-refractivity contribution in [2.24, 2.45) is 0 Å². The number of rotatable bonds is 23. The van der Waals surface area contributed by atoms with Crippen LogP contribution in [0.3, 0.4) is 0 Å². The Morgan fingerprint density at radius 2 is 1.44 bits per heavy atom. The molecular formula is C32H57NO8. The van der Waals surface area contributed by atoms with Crippen LogP contribution in [0.5, 0.6) is 0 Å². The molecule has 0 saturated carbocycles. The Kier molecular flexibility index (Phi) is 21.8. The second-order valence-electron chi connectivity index (χ2n) is 10.9. The lowest BCUT2D eigenvalue weighted by Crippen LogP contribution is -2.60. The Bertz CT molecular complexity index is 741. The van der Waals surface area contributed by atoms with Gasteiger partial charge in [0.15, 0.2) is 6.29 Å². The first-order valence-corrected chi connectivity index (χ1v) is 15.7. The first-order valence-electron chi connectivity index (χ1n) is 15.7. The number of amides is 1. The summed E-state index contributed by atoms with van der Waals surface area (Å²) in [5.41, 5.74) is 0. The molecule has 0 aromatic carbocycles. The molecule has 9 nitrogen and oxygen atoms in total. The monoisotopic (exact) mass is 583 g/mol. The van der Waals surface area contributed by atoms with Crippen LogP contribution in [0.1, 0.15) is 104 Å². The van der Waals surface area contributed by atoms with Crippen molar-refractivity contribution in [3.8, 4) is 0 Å². The van der Waals surface area contributed by atoms with Crippen molar-refractivity contribution < 1.29 is 39.8 Å². The van der Waals surface area contributed by atoms with Crippen LogP contribution in [0.2, 0.25) is 0 Å². The maximum Gasteiger partial charge on any atom is 0.220 e. The van der Waals surface area contributed by atoms with Gasteiger partial charge in [-0.2, -0.15) is 0 Å². The number of ether oxygens (including phenoxy) is 2. The summed E-state index contributed by atoms with van der Waals surface area (Å²) in [6.45, 7) is 3.51. The lowest BCUT2D eigenvalue weighted by molar-refractivity contribution is -0.302. The number of carbonyl (C=O) groups is 1. The van der Waals surface area contributed by atoms with Crippen LogP contribution in [0.4, 0.5) is 0 Å². The van der Waals surface area contributed by atoms with Crippen molar-refractivity contribution in [3.05, 3.63) is 36.5 Å². The molecule has 0 aromatic rings. The Morgan fingerprint density at radius 3 is 2.10 bits per heavy atom. The van der Waals surface area contributed by atoms with Crippen LogP contribution in [0.15, 0.2) is 36.5 Å². The second kappa shape index (κ2) is 23.9. The molecule has 41 heavy (non-hydrogen) atoms. The molecule has 0 spiro atoms. The molecule has 238 valence electrons. The Labute approximate surface area is 247 Å². The molecule has 1 amide bonds. The molecule has 0 aliphatic carbocycles.